The van der Waals surface area contributed by atoms with Gasteiger partial charge in [-0.2, -0.15) is 5.10 Å². The topological polar surface area (TPSA) is 56.7 Å². The highest BCUT2D eigenvalue weighted by molar-refractivity contribution is 5.79. The zero-order valence-corrected chi connectivity index (χ0v) is 11.5. The van der Waals surface area contributed by atoms with Gasteiger partial charge in [-0.3, -0.25) is 9.67 Å². The van der Waals surface area contributed by atoms with Gasteiger partial charge < -0.3 is 5.73 Å². The third-order valence-electron chi connectivity index (χ3n) is 3.52. The van der Waals surface area contributed by atoms with E-state index in [1.54, 1.807) is 6.20 Å². The zero-order valence-electron chi connectivity index (χ0n) is 11.5. The minimum atomic E-state index is -0.0193. The summed E-state index contributed by atoms with van der Waals surface area (Å²) < 4.78 is 1.92. The summed E-state index contributed by atoms with van der Waals surface area (Å²) in [5.41, 5.74) is 9.62. The number of hydrogen-bond acceptors (Lipinski definition) is 3. The molecule has 0 bridgehead atoms. The van der Waals surface area contributed by atoms with Gasteiger partial charge in [0.05, 0.1) is 11.7 Å². The van der Waals surface area contributed by atoms with E-state index in [2.05, 4.69) is 41.4 Å². The minimum absolute atomic E-state index is 0.0193. The van der Waals surface area contributed by atoms with E-state index in [0.717, 1.165) is 29.4 Å². The van der Waals surface area contributed by atoms with Gasteiger partial charge in [-0.25, -0.2) is 0 Å². The molecule has 2 aromatic heterocycles. The van der Waals surface area contributed by atoms with E-state index in [4.69, 9.17) is 5.73 Å². The molecule has 2 N–H and O–H groups in total. The maximum Gasteiger partial charge on any atom is 0.0702 e. The fourth-order valence-electron chi connectivity index (χ4n) is 2.38. The van der Waals surface area contributed by atoms with Crippen LogP contribution in [0.25, 0.3) is 10.9 Å². The number of hydrogen-bond donors (Lipinski definition) is 1. The number of fused-ring (bicyclic) bond motifs is 1. The first-order valence-corrected chi connectivity index (χ1v) is 6.88. The number of pyridine rings is 1. The molecule has 102 valence electrons. The Kier molecular flexibility index (Phi) is 3.48. The lowest BCUT2D eigenvalue weighted by Crippen LogP contribution is -2.13. The Morgan fingerprint density at radius 1 is 1.30 bits per heavy atom. The Morgan fingerprint density at radius 2 is 2.20 bits per heavy atom. The molecule has 20 heavy (non-hydrogen) atoms. The van der Waals surface area contributed by atoms with Crippen LogP contribution in [0.3, 0.4) is 0 Å². The van der Waals surface area contributed by atoms with Gasteiger partial charge in [0.15, 0.2) is 0 Å². The highest BCUT2D eigenvalue weighted by atomic mass is 15.3. The van der Waals surface area contributed by atoms with Crippen LogP contribution in [0.4, 0.5) is 0 Å². The van der Waals surface area contributed by atoms with Crippen molar-refractivity contribution in [1.29, 1.82) is 0 Å². The standard InChI is InChI=1S/C16H18N4/c1-2-20-11-12(10-19-20)8-15(17)13-5-6-16-14(9-13)4-3-7-18-16/h3-7,9-11,15H,2,8,17H2,1H3. The molecule has 2 heterocycles. The van der Waals surface area contributed by atoms with Crippen LogP contribution in [0.5, 0.6) is 0 Å². The van der Waals surface area contributed by atoms with Crippen LogP contribution in [-0.2, 0) is 13.0 Å². The maximum atomic E-state index is 6.31. The van der Waals surface area contributed by atoms with Crippen LogP contribution in [0.15, 0.2) is 48.9 Å². The smallest absolute Gasteiger partial charge is 0.0702 e. The predicted molar refractivity (Wildman–Crippen MR) is 80.3 cm³/mol. The van der Waals surface area contributed by atoms with Crippen LogP contribution in [0.1, 0.15) is 24.1 Å². The van der Waals surface area contributed by atoms with E-state index in [-0.39, 0.29) is 6.04 Å². The predicted octanol–water partition coefficient (Wildman–Crippen LogP) is 2.69. The molecule has 3 rings (SSSR count). The summed E-state index contributed by atoms with van der Waals surface area (Å²) in [6, 6.07) is 10.2. The summed E-state index contributed by atoms with van der Waals surface area (Å²) in [7, 11) is 0. The molecule has 4 heteroatoms. The number of nitrogens with zero attached hydrogens (tertiary/aromatic N) is 3. The Bertz CT molecular complexity index is 717. The molecule has 3 aromatic rings. The van der Waals surface area contributed by atoms with Crippen molar-refractivity contribution in [2.75, 3.05) is 0 Å². The van der Waals surface area contributed by atoms with E-state index in [9.17, 15) is 0 Å². The fraction of sp³-hybridized carbons (Fsp3) is 0.250. The summed E-state index contributed by atoms with van der Waals surface area (Å²) in [5, 5.41) is 5.41. The third kappa shape index (κ3) is 2.56. The monoisotopic (exact) mass is 266 g/mol. The summed E-state index contributed by atoms with van der Waals surface area (Å²) in [6.07, 6.45) is 6.56. The number of aryl methyl sites for hydroxylation is 1. The van der Waals surface area contributed by atoms with Crippen LogP contribution >= 0.6 is 0 Å². The molecule has 4 nitrogen and oxygen atoms in total. The van der Waals surface area contributed by atoms with Crippen molar-refractivity contribution >= 4 is 10.9 Å². The van der Waals surface area contributed by atoms with Crippen LogP contribution in [0.2, 0.25) is 0 Å². The van der Waals surface area contributed by atoms with Crippen LogP contribution < -0.4 is 5.73 Å². The molecular formula is C16H18N4. The summed E-state index contributed by atoms with van der Waals surface area (Å²) >= 11 is 0. The van der Waals surface area contributed by atoms with Gasteiger partial charge in [0.25, 0.3) is 0 Å². The Labute approximate surface area is 118 Å². The molecule has 0 aliphatic carbocycles. The van der Waals surface area contributed by atoms with E-state index in [0.29, 0.717) is 0 Å². The SMILES string of the molecule is CCn1cc(CC(N)c2ccc3ncccc3c2)cn1. The molecule has 1 atom stereocenters. The third-order valence-corrected chi connectivity index (χ3v) is 3.52. The molecule has 0 saturated heterocycles. The molecule has 1 unspecified atom stereocenters. The maximum absolute atomic E-state index is 6.31. The van der Waals surface area contributed by atoms with Crippen molar-refractivity contribution < 1.29 is 0 Å². The Balaban J connectivity index is 1.82. The number of rotatable bonds is 4. The Hall–Kier alpha value is -2.20. The molecule has 0 aliphatic heterocycles. The van der Waals surface area contributed by atoms with E-state index in [1.165, 1.54) is 5.56 Å². The largest absolute Gasteiger partial charge is 0.324 e. The van der Waals surface area contributed by atoms with Crippen LogP contribution in [0, 0.1) is 0 Å². The second-order valence-corrected chi connectivity index (χ2v) is 4.97. The van der Waals surface area contributed by atoms with E-state index < -0.39 is 0 Å². The van der Waals surface area contributed by atoms with Crippen molar-refractivity contribution in [3.8, 4) is 0 Å². The lowest BCUT2D eigenvalue weighted by atomic mass is 10.00. The average Bonchev–Trinajstić information content (AvgIpc) is 2.94. The van der Waals surface area contributed by atoms with Gasteiger partial charge in [-0.15, -0.1) is 0 Å². The number of nitrogens with two attached hydrogens (primary N) is 1. The number of benzene rings is 1. The van der Waals surface area contributed by atoms with Gasteiger partial charge in [-0.1, -0.05) is 12.1 Å². The van der Waals surface area contributed by atoms with Crippen molar-refractivity contribution in [2.24, 2.45) is 5.73 Å². The van der Waals surface area contributed by atoms with Gasteiger partial charge >= 0.3 is 0 Å². The summed E-state index contributed by atoms with van der Waals surface area (Å²) in [4.78, 5) is 4.33. The molecule has 0 spiro atoms. The first kappa shape index (κ1) is 12.8. The molecule has 0 radical (unpaired) electrons. The lowest BCUT2D eigenvalue weighted by Gasteiger charge is -2.11. The first-order chi connectivity index (χ1) is 9.76. The van der Waals surface area contributed by atoms with Crippen molar-refractivity contribution in [3.05, 3.63) is 60.0 Å². The molecule has 0 amide bonds. The molecular weight excluding hydrogens is 248 g/mol. The molecule has 1 aromatic carbocycles. The van der Waals surface area contributed by atoms with E-state index >= 15 is 0 Å². The van der Waals surface area contributed by atoms with Crippen molar-refractivity contribution in [3.63, 3.8) is 0 Å². The average molecular weight is 266 g/mol. The second-order valence-electron chi connectivity index (χ2n) is 4.97. The van der Waals surface area contributed by atoms with Gasteiger partial charge in [-0.05, 0) is 42.7 Å². The highest BCUT2D eigenvalue weighted by Gasteiger charge is 2.09. The fourth-order valence-corrected chi connectivity index (χ4v) is 2.38. The zero-order chi connectivity index (χ0) is 13.9. The molecule has 0 saturated carbocycles. The number of aromatic nitrogens is 3. The molecule has 0 fully saturated rings. The van der Waals surface area contributed by atoms with Gasteiger partial charge in [0.2, 0.25) is 0 Å². The summed E-state index contributed by atoms with van der Waals surface area (Å²) in [6.45, 7) is 2.96. The Morgan fingerprint density at radius 3 is 3.00 bits per heavy atom. The van der Waals surface area contributed by atoms with Gasteiger partial charge in [0.1, 0.15) is 0 Å². The van der Waals surface area contributed by atoms with Crippen molar-refractivity contribution in [2.45, 2.75) is 25.9 Å². The first-order valence-electron chi connectivity index (χ1n) is 6.88. The summed E-state index contributed by atoms with van der Waals surface area (Å²) in [5.74, 6) is 0. The second kappa shape index (κ2) is 5.43. The lowest BCUT2D eigenvalue weighted by molar-refractivity contribution is 0.657. The molecule has 0 aliphatic rings. The quantitative estimate of drug-likeness (QED) is 0.790. The van der Waals surface area contributed by atoms with Crippen LogP contribution in [-0.4, -0.2) is 14.8 Å². The van der Waals surface area contributed by atoms with Gasteiger partial charge in [0, 0.05) is 30.4 Å². The van der Waals surface area contributed by atoms with E-state index in [1.807, 2.05) is 23.0 Å². The normalized spacial score (nSPS) is 12.7. The highest BCUT2D eigenvalue weighted by Crippen LogP contribution is 2.20. The van der Waals surface area contributed by atoms with Crippen molar-refractivity contribution in [1.82, 2.24) is 14.8 Å². The minimum Gasteiger partial charge on any atom is -0.324 e.